The highest BCUT2D eigenvalue weighted by Crippen LogP contribution is 2.50. The van der Waals surface area contributed by atoms with Gasteiger partial charge in [0.2, 0.25) is 0 Å². The van der Waals surface area contributed by atoms with Crippen molar-refractivity contribution < 1.29 is 39.9 Å². The van der Waals surface area contributed by atoms with E-state index in [4.69, 9.17) is 11.6 Å². The van der Waals surface area contributed by atoms with Crippen LogP contribution in [0, 0.1) is 0 Å². The van der Waals surface area contributed by atoms with Crippen molar-refractivity contribution in [1.29, 1.82) is 0 Å². The summed E-state index contributed by atoms with van der Waals surface area (Å²) in [6.07, 6.45) is -13.3. The number of anilines is 1. The molecule has 1 aliphatic rings. The number of hydrazone groups is 1. The van der Waals surface area contributed by atoms with Crippen LogP contribution < -0.4 is 10.3 Å². The van der Waals surface area contributed by atoms with Gasteiger partial charge in [-0.05, 0) is 54.9 Å². The first-order valence-corrected chi connectivity index (χ1v) is 14.7. The Morgan fingerprint density at radius 3 is 2.17 bits per heavy atom. The van der Waals surface area contributed by atoms with Crippen LogP contribution in [0.1, 0.15) is 24.4 Å². The van der Waals surface area contributed by atoms with Gasteiger partial charge in [-0.2, -0.15) is 31.4 Å². The summed E-state index contributed by atoms with van der Waals surface area (Å²) < 4.78 is 111. The maximum atomic E-state index is 13.9. The minimum Gasteiger partial charge on any atom is -0.369 e. The lowest BCUT2D eigenvalue weighted by atomic mass is 9.89. The molecular formula is C28H26ClF6N3O3S. The molecule has 0 aromatic heterocycles. The van der Waals surface area contributed by atoms with Gasteiger partial charge < -0.3 is 10.4 Å². The van der Waals surface area contributed by atoms with E-state index < -0.39 is 46.0 Å². The Kier molecular flexibility index (Phi) is 8.98. The van der Waals surface area contributed by atoms with Gasteiger partial charge in [0, 0.05) is 6.42 Å². The summed E-state index contributed by atoms with van der Waals surface area (Å²) in [5.41, 5.74) is -5.98. The number of benzene rings is 3. The van der Waals surface area contributed by atoms with E-state index in [0.717, 1.165) is 5.01 Å². The van der Waals surface area contributed by atoms with Crippen LogP contribution in [0.2, 0.25) is 5.02 Å². The molecule has 0 fully saturated rings. The van der Waals surface area contributed by atoms with Crippen LogP contribution in [-0.2, 0) is 9.84 Å². The van der Waals surface area contributed by atoms with Crippen molar-refractivity contribution in [1.82, 2.24) is 5.32 Å². The van der Waals surface area contributed by atoms with Crippen molar-refractivity contribution in [2.45, 2.75) is 41.7 Å². The van der Waals surface area contributed by atoms with Crippen LogP contribution in [0.3, 0.4) is 0 Å². The van der Waals surface area contributed by atoms with Crippen LogP contribution in [0.15, 0.2) is 82.8 Å². The number of aliphatic hydroxyl groups is 1. The third-order valence-corrected chi connectivity index (χ3v) is 9.07. The van der Waals surface area contributed by atoms with Crippen LogP contribution in [0.25, 0.3) is 11.1 Å². The Labute approximate surface area is 243 Å². The highest BCUT2D eigenvalue weighted by atomic mass is 35.5. The Balaban J connectivity index is 1.94. The molecule has 226 valence electrons. The molecule has 1 aliphatic heterocycles. The molecule has 6 nitrogen and oxygen atoms in total. The number of hydrogen-bond donors (Lipinski definition) is 2. The van der Waals surface area contributed by atoms with E-state index in [2.05, 4.69) is 10.4 Å². The number of halogens is 7. The van der Waals surface area contributed by atoms with E-state index in [-0.39, 0.29) is 33.3 Å². The summed E-state index contributed by atoms with van der Waals surface area (Å²) in [7, 11) is -2.48. The predicted octanol–water partition coefficient (Wildman–Crippen LogP) is 6.55. The quantitative estimate of drug-likeness (QED) is 0.206. The second-order valence-electron chi connectivity index (χ2n) is 9.66. The average molecular weight is 634 g/mol. The van der Waals surface area contributed by atoms with E-state index in [9.17, 15) is 39.9 Å². The van der Waals surface area contributed by atoms with Crippen molar-refractivity contribution in [3.05, 3.63) is 83.4 Å². The summed E-state index contributed by atoms with van der Waals surface area (Å²) in [4.78, 5) is -0.277. The van der Waals surface area contributed by atoms with E-state index in [0.29, 0.717) is 17.7 Å². The third-order valence-electron chi connectivity index (χ3n) is 6.90. The zero-order chi connectivity index (χ0) is 30.9. The SMILES string of the molecule is CNCCCS(=O)(=O)c1cc(-c2ccccc2)ccc1C1CC(C(O)(C(F)(F)F)C(F)(F)F)=NN1c1ccccc1Cl. The second-order valence-corrected chi connectivity index (χ2v) is 12.1. The molecule has 0 aliphatic carbocycles. The van der Waals surface area contributed by atoms with Gasteiger partial charge in [0.05, 0.1) is 33.1 Å². The summed E-state index contributed by atoms with van der Waals surface area (Å²) >= 11 is 6.28. The Morgan fingerprint density at radius 2 is 1.57 bits per heavy atom. The molecule has 14 heteroatoms. The van der Waals surface area contributed by atoms with Crippen LogP contribution in [-0.4, -0.2) is 56.5 Å². The van der Waals surface area contributed by atoms with E-state index in [1.165, 1.54) is 42.5 Å². The minimum atomic E-state index is -6.18. The highest BCUT2D eigenvalue weighted by Gasteiger charge is 2.74. The minimum absolute atomic E-state index is 0.0607. The van der Waals surface area contributed by atoms with Crippen molar-refractivity contribution >= 4 is 32.8 Å². The lowest BCUT2D eigenvalue weighted by molar-refractivity contribution is -0.338. The van der Waals surface area contributed by atoms with E-state index >= 15 is 0 Å². The topological polar surface area (TPSA) is 82.0 Å². The molecule has 42 heavy (non-hydrogen) atoms. The van der Waals surface area contributed by atoms with E-state index in [1.54, 1.807) is 37.4 Å². The molecule has 4 rings (SSSR count). The van der Waals surface area contributed by atoms with Gasteiger partial charge in [-0.25, -0.2) is 8.42 Å². The lowest BCUT2D eigenvalue weighted by Gasteiger charge is -2.32. The molecular weight excluding hydrogens is 608 g/mol. The number of hydrogen-bond acceptors (Lipinski definition) is 6. The monoisotopic (exact) mass is 633 g/mol. The van der Waals surface area contributed by atoms with Crippen molar-refractivity contribution in [2.24, 2.45) is 5.10 Å². The van der Waals surface area contributed by atoms with Gasteiger partial charge in [-0.1, -0.05) is 66.2 Å². The molecule has 3 aromatic carbocycles. The summed E-state index contributed by atoms with van der Waals surface area (Å²) in [6.45, 7) is 0.347. The van der Waals surface area contributed by atoms with Gasteiger partial charge in [-0.3, -0.25) is 5.01 Å². The average Bonchev–Trinajstić information content (AvgIpc) is 3.37. The molecule has 1 heterocycles. The number of nitrogens with one attached hydrogen (secondary N) is 1. The fraction of sp³-hybridized carbons (Fsp3) is 0.321. The Bertz CT molecular complexity index is 1550. The summed E-state index contributed by atoms with van der Waals surface area (Å²) in [5.74, 6) is -0.347. The molecule has 0 saturated carbocycles. The normalized spacial score (nSPS) is 16.5. The first kappa shape index (κ1) is 31.8. The molecule has 0 amide bonds. The standard InChI is InChI=1S/C28H26ClF6N3O3S/c1-36-14-7-15-42(40,41)24-16-19(18-8-3-2-4-9-18)12-13-20(24)23-17-25(26(39,27(30,31)32)28(33,34)35)37-38(23)22-11-6-5-10-21(22)29/h2-6,8-13,16,23,36,39H,7,14-15,17H2,1H3. The van der Waals surface area contributed by atoms with Crippen molar-refractivity contribution in [3.63, 3.8) is 0 Å². The number of sulfone groups is 1. The number of alkyl halides is 6. The van der Waals surface area contributed by atoms with Crippen molar-refractivity contribution in [3.8, 4) is 11.1 Å². The van der Waals surface area contributed by atoms with Gasteiger partial charge in [0.1, 0.15) is 0 Å². The van der Waals surface area contributed by atoms with Crippen LogP contribution in [0.4, 0.5) is 32.0 Å². The lowest BCUT2D eigenvalue weighted by Crippen LogP contribution is -2.62. The molecule has 3 aromatic rings. The third kappa shape index (κ3) is 6.01. The smallest absolute Gasteiger partial charge is 0.369 e. The Morgan fingerprint density at radius 1 is 0.952 bits per heavy atom. The van der Waals surface area contributed by atoms with Gasteiger partial charge in [-0.15, -0.1) is 0 Å². The van der Waals surface area contributed by atoms with Gasteiger partial charge >= 0.3 is 12.4 Å². The van der Waals surface area contributed by atoms with Gasteiger partial charge in [0.25, 0.3) is 5.60 Å². The maximum absolute atomic E-state index is 13.9. The van der Waals surface area contributed by atoms with Gasteiger partial charge in [0.15, 0.2) is 9.84 Å². The zero-order valence-corrected chi connectivity index (χ0v) is 23.6. The summed E-state index contributed by atoms with van der Waals surface area (Å²) in [5, 5.41) is 17.4. The predicted molar refractivity (Wildman–Crippen MR) is 148 cm³/mol. The Hall–Kier alpha value is -3.13. The number of rotatable bonds is 9. The molecule has 0 radical (unpaired) electrons. The molecule has 2 N–H and O–H groups in total. The number of nitrogens with zero attached hydrogens (tertiary/aromatic N) is 2. The molecule has 1 unspecified atom stereocenters. The highest BCUT2D eigenvalue weighted by molar-refractivity contribution is 7.91. The fourth-order valence-corrected chi connectivity index (χ4v) is 6.59. The first-order valence-electron chi connectivity index (χ1n) is 12.7. The zero-order valence-electron chi connectivity index (χ0n) is 22.0. The molecule has 0 bridgehead atoms. The van der Waals surface area contributed by atoms with Crippen LogP contribution in [0.5, 0.6) is 0 Å². The summed E-state index contributed by atoms with van der Waals surface area (Å²) in [6, 6.07) is 17.0. The first-order chi connectivity index (χ1) is 19.6. The molecule has 0 saturated heterocycles. The molecule has 0 spiro atoms. The fourth-order valence-electron chi connectivity index (χ4n) is 4.76. The largest absolute Gasteiger partial charge is 0.431 e. The molecule has 1 atom stereocenters. The van der Waals surface area contributed by atoms with E-state index in [1.807, 2.05) is 0 Å². The maximum Gasteiger partial charge on any atom is 0.431 e. The number of para-hydroxylation sites is 1. The van der Waals surface area contributed by atoms with Crippen molar-refractivity contribution in [2.75, 3.05) is 24.4 Å². The second kappa shape index (κ2) is 11.9. The van der Waals surface area contributed by atoms with Crippen LogP contribution >= 0.6 is 11.6 Å².